The average Bonchev–Trinajstić information content (AvgIpc) is 2.88. The van der Waals surface area contributed by atoms with E-state index < -0.39 is 0 Å². The molecule has 1 aliphatic heterocycles. The third-order valence-corrected chi connectivity index (χ3v) is 5.71. The number of hydrogen-bond acceptors (Lipinski definition) is 8. The summed E-state index contributed by atoms with van der Waals surface area (Å²) in [6, 6.07) is 20.5. The van der Waals surface area contributed by atoms with Crippen LogP contribution in [0.2, 0.25) is 0 Å². The summed E-state index contributed by atoms with van der Waals surface area (Å²) in [4.78, 5) is 20.6. The van der Waals surface area contributed by atoms with E-state index in [0.717, 1.165) is 36.2 Å². The highest BCUT2D eigenvalue weighted by atomic mass is 16.5. The van der Waals surface area contributed by atoms with E-state index in [1.165, 1.54) is 5.56 Å². The SMILES string of the molecule is CC(CNc1nc(Nc2ccc3cccnc3c2)nc(N2CCOCC2)n1)c1ccccc1. The molecule has 0 radical (unpaired) electrons. The summed E-state index contributed by atoms with van der Waals surface area (Å²) in [5.41, 5.74) is 3.07. The van der Waals surface area contributed by atoms with Crippen LogP contribution in [0.3, 0.4) is 0 Å². The lowest BCUT2D eigenvalue weighted by atomic mass is 10.0. The van der Waals surface area contributed by atoms with Crippen molar-refractivity contribution in [2.24, 2.45) is 0 Å². The smallest absolute Gasteiger partial charge is 0.233 e. The maximum atomic E-state index is 5.50. The van der Waals surface area contributed by atoms with E-state index >= 15 is 0 Å². The van der Waals surface area contributed by atoms with Crippen molar-refractivity contribution < 1.29 is 4.74 Å². The van der Waals surface area contributed by atoms with Gasteiger partial charge in [0.25, 0.3) is 0 Å². The van der Waals surface area contributed by atoms with Crippen LogP contribution in [0.5, 0.6) is 0 Å². The number of rotatable bonds is 7. The Morgan fingerprint density at radius 1 is 0.939 bits per heavy atom. The van der Waals surface area contributed by atoms with E-state index in [9.17, 15) is 0 Å². The summed E-state index contributed by atoms with van der Waals surface area (Å²) >= 11 is 0. The molecular formula is C25H27N7O. The molecule has 1 saturated heterocycles. The van der Waals surface area contributed by atoms with Crippen LogP contribution in [0.25, 0.3) is 10.9 Å². The summed E-state index contributed by atoms with van der Waals surface area (Å²) in [7, 11) is 0. The Morgan fingerprint density at radius 3 is 2.61 bits per heavy atom. The Kier molecular flexibility index (Phi) is 6.25. The first kappa shape index (κ1) is 21.1. The van der Waals surface area contributed by atoms with Crippen LogP contribution in [0.15, 0.2) is 66.9 Å². The maximum Gasteiger partial charge on any atom is 0.233 e. The molecule has 3 heterocycles. The van der Waals surface area contributed by atoms with Gasteiger partial charge < -0.3 is 20.3 Å². The van der Waals surface area contributed by atoms with E-state index in [4.69, 9.17) is 14.7 Å². The van der Waals surface area contributed by atoms with Crippen molar-refractivity contribution in [3.05, 3.63) is 72.4 Å². The number of hydrogen-bond donors (Lipinski definition) is 2. The molecule has 0 bridgehead atoms. The lowest BCUT2D eigenvalue weighted by Gasteiger charge is -2.27. The Bertz CT molecular complexity index is 1210. The Hall–Kier alpha value is -3.78. The standard InChI is InChI=1S/C25H27N7O/c1-18(19-6-3-2-4-7-19)17-27-23-29-24(31-25(30-23)32-12-14-33-15-13-32)28-21-10-9-20-8-5-11-26-22(20)16-21/h2-11,16,18H,12-15,17H2,1H3,(H2,27,28,29,30,31). The Balaban J connectivity index is 1.39. The van der Waals surface area contributed by atoms with Gasteiger partial charge >= 0.3 is 0 Å². The van der Waals surface area contributed by atoms with Gasteiger partial charge in [-0.3, -0.25) is 4.98 Å². The van der Waals surface area contributed by atoms with Crippen LogP contribution in [-0.4, -0.2) is 52.8 Å². The highest BCUT2D eigenvalue weighted by Gasteiger charge is 2.17. The average molecular weight is 442 g/mol. The summed E-state index contributed by atoms with van der Waals surface area (Å²) < 4.78 is 5.50. The first-order valence-electron chi connectivity index (χ1n) is 11.2. The molecule has 2 N–H and O–H groups in total. The number of pyridine rings is 1. The number of nitrogens with zero attached hydrogens (tertiary/aromatic N) is 5. The molecule has 8 heteroatoms. The number of aromatic nitrogens is 4. The number of benzene rings is 2. The number of morpholine rings is 1. The molecule has 8 nitrogen and oxygen atoms in total. The lowest BCUT2D eigenvalue weighted by Crippen LogP contribution is -2.37. The molecule has 5 rings (SSSR count). The van der Waals surface area contributed by atoms with Gasteiger partial charge in [-0.2, -0.15) is 15.0 Å². The van der Waals surface area contributed by atoms with E-state index in [-0.39, 0.29) is 0 Å². The summed E-state index contributed by atoms with van der Waals surface area (Å²) in [5.74, 6) is 2.01. The van der Waals surface area contributed by atoms with Gasteiger partial charge in [-0.1, -0.05) is 49.4 Å². The van der Waals surface area contributed by atoms with Crippen LogP contribution in [-0.2, 0) is 4.74 Å². The fourth-order valence-electron chi connectivity index (χ4n) is 3.82. The molecule has 168 valence electrons. The van der Waals surface area contributed by atoms with E-state index in [2.05, 4.69) is 56.7 Å². The number of fused-ring (bicyclic) bond motifs is 1. The second-order valence-corrected chi connectivity index (χ2v) is 8.11. The van der Waals surface area contributed by atoms with Gasteiger partial charge in [0.15, 0.2) is 0 Å². The van der Waals surface area contributed by atoms with E-state index in [0.29, 0.717) is 37.0 Å². The highest BCUT2D eigenvalue weighted by molar-refractivity contribution is 5.82. The van der Waals surface area contributed by atoms with Crippen molar-refractivity contribution in [2.75, 3.05) is 48.4 Å². The minimum Gasteiger partial charge on any atom is -0.378 e. The molecule has 0 amide bonds. The van der Waals surface area contributed by atoms with Crippen LogP contribution < -0.4 is 15.5 Å². The van der Waals surface area contributed by atoms with Crippen LogP contribution >= 0.6 is 0 Å². The van der Waals surface area contributed by atoms with Gasteiger partial charge in [0.2, 0.25) is 17.8 Å². The first-order chi connectivity index (χ1) is 16.2. The minimum atomic E-state index is 0.317. The lowest BCUT2D eigenvalue weighted by molar-refractivity contribution is 0.122. The molecule has 1 atom stereocenters. The van der Waals surface area contributed by atoms with E-state index in [1.54, 1.807) is 6.20 Å². The van der Waals surface area contributed by atoms with Crippen molar-refractivity contribution in [1.82, 2.24) is 19.9 Å². The molecule has 2 aromatic carbocycles. The Labute approximate surface area is 193 Å². The largest absolute Gasteiger partial charge is 0.378 e. The molecule has 1 aliphatic rings. The maximum absolute atomic E-state index is 5.50. The predicted molar refractivity (Wildman–Crippen MR) is 131 cm³/mol. The monoisotopic (exact) mass is 441 g/mol. The summed E-state index contributed by atoms with van der Waals surface area (Å²) in [6.07, 6.45) is 1.79. The molecule has 1 fully saturated rings. The van der Waals surface area contributed by atoms with Crippen molar-refractivity contribution in [3.63, 3.8) is 0 Å². The zero-order valence-corrected chi connectivity index (χ0v) is 18.6. The van der Waals surface area contributed by atoms with Crippen molar-refractivity contribution in [1.29, 1.82) is 0 Å². The van der Waals surface area contributed by atoms with Crippen LogP contribution in [0, 0.1) is 0 Å². The Morgan fingerprint density at radius 2 is 1.76 bits per heavy atom. The zero-order valence-electron chi connectivity index (χ0n) is 18.6. The first-order valence-corrected chi connectivity index (χ1v) is 11.2. The normalized spacial score (nSPS) is 14.8. The zero-order chi connectivity index (χ0) is 22.5. The fourth-order valence-corrected chi connectivity index (χ4v) is 3.82. The van der Waals surface area contributed by atoms with Gasteiger partial charge in [0.1, 0.15) is 0 Å². The molecule has 2 aromatic heterocycles. The summed E-state index contributed by atoms with van der Waals surface area (Å²) in [5, 5.41) is 7.83. The van der Waals surface area contributed by atoms with Gasteiger partial charge in [-0.05, 0) is 29.7 Å². The van der Waals surface area contributed by atoms with E-state index in [1.807, 2.05) is 36.4 Å². The number of nitrogens with one attached hydrogen (secondary N) is 2. The molecule has 0 saturated carbocycles. The fraction of sp³-hybridized carbons (Fsp3) is 0.280. The van der Waals surface area contributed by atoms with Gasteiger partial charge in [-0.15, -0.1) is 0 Å². The minimum absolute atomic E-state index is 0.317. The highest BCUT2D eigenvalue weighted by Crippen LogP contribution is 2.22. The second kappa shape index (κ2) is 9.79. The molecule has 0 spiro atoms. The van der Waals surface area contributed by atoms with Crippen molar-refractivity contribution >= 4 is 34.4 Å². The second-order valence-electron chi connectivity index (χ2n) is 8.11. The van der Waals surface area contributed by atoms with Crippen LogP contribution in [0.4, 0.5) is 23.5 Å². The van der Waals surface area contributed by atoms with Gasteiger partial charge in [0.05, 0.1) is 18.7 Å². The van der Waals surface area contributed by atoms with Gasteiger partial charge in [-0.25, -0.2) is 0 Å². The number of ether oxygens (including phenoxy) is 1. The summed E-state index contributed by atoms with van der Waals surface area (Å²) in [6.45, 7) is 5.74. The van der Waals surface area contributed by atoms with Gasteiger partial charge in [0, 0.05) is 36.9 Å². The topological polar surface area (TPSA) is 88.1 Å². The van der Waals surface area contributed by atoms with Crippen molar-refractivity contribution in [3.8, 4) is 0 Å². The molecular weight excluding hydrogens is 414 g/mol. The molecule has 33 heavy (non-hydrogen) atoms. The van der Waals surface area contributed by atoms with Crippen molar-refractivity contribution in [2.45, 2.75) is 12.8 Å². The number of anilines is 4. The molecule has 4 aromatic rings. The third kappa shape index (κ3) is 5.18. The quantitative estimate of drug-likeness (QED) is 0.441. The predicted octanol–water partition coefficient (Wildman–Crippen LogP) is 4.22. The third-order valence-electron chi connectivity index (χ3n) is 5.71. The molecule has 0 aliphatic carbocycles. The van der Waals surface area contributed by atoms with Crippen LogP contribution in [0.1, 0.15) is 18.4 Å². The molecule has 1 unspecified atom stereocenters.